The van der Waals surface area contributed by atoms with E-state index < -0.39 is 0 Å². The third-order valence-electron chi connectivity index (χ3n) is 6.19. The standard InChI is InChI=1S/C26H30N8O2/c1-2-26(35)30-19-8-10-28-23(14-19)24-5-3-4-21-9-11-33(18-34(21)24)31-20-6-7-25(29-16-20)32-12-13-36-22(15-27)17-32/h2-10,14,16,22,31H,1,11-13,15,17-18,27H2,(H,28,30,35)/t22-/m1/s1. The number of fused-ring (bicyclic) bond motifs is 1. The number of amides is 1. The summed E-state index contributed by atoms with van der Waals surface area (Å²) in [7, 11) is 0. The van der Waals surface area contributed by atoms with Gasteiger partial charge in [-0.05, 0) is 48.6 Å². The molecule has 10 heteroatoms. The summed E-state index contributed by atoms with van der Waals surface area (Å²) in [4.78, 5) is 25.3. The lowest BCUT2D eigenvalue weighted by molar-refractivity contribution is -0.111. The molecule has 0 saturated carbocycles. The summed E-state index contributed by atoms with van der Waals surface area (Å²) in [6.45, 7) is 7.57. The Morgan fingerprint density at radius 3 is 3.00 bits per heavy atom. The quantitative estimate of drug-likeness (QED) is 0.507. The van der Waals surface area contributed by atoms with Crippen molar-refractivity contribution in [1.82, 2.24) is 19.9 Å². The first-order valence-corrected chi connectivity index (χ1v) is 11.9. The molecule has 186 valence electrons. The average molecular weight is 487 g/mol. The van der Waals surface area contributed by atoms with Crippen LogP contribution in [0.15, 0.2) is 79.3 Å². The zero-order chi connectivity index (χ0) is 24.9. The number of anilines is 3. The Balaban J connectivity index is 1.26. The number of morpholine rings is 1. The maximum Gasteiger partial charge on any atom is 0.247 e. The van der Waals surface area contributed by atoms with Gasteiger partial charge in [0.05, 0.1) is 42.7 Å². The van der Waals surface area contributed by atoms with Crippen molar-refractivity contribution in [3.63, 3.8) is 0 Å². The number of rotatable bonds is 7. The third kappa shape index (κ3) is 5.30. The van der Waals surface area contributed by atoms with Crippen molar-refractivity contribution in [1.29, 1.82) is 0 Å². The molecule has 1 atom stereocenters. The molecule has 1 amide bonds. The van der Waals surface area contributed by atoms with E-state index >= 15 is 0 Å². The molecule has 0 unspecified atom stereocenters. The molecule has 10 nitrogen and oxygen atoms in total. The van der Waals surface area contributed by atoms with Crippen LogP contribution in [0.3, 0.4) is 0 Å². The average Bonchev–Trinajstić information content (AvgIpc) is 2.93. The van der Waals surface area contributed by atoms with Crippen molar-refractivity contribution in [2.24, 2.45) is 5.73 Å². The molecule has 1 saturated heterocycles. The third-order valence-corrected chi connectivity index (χ3v) is 6.19. The second kappa shape index (κ2) is 10.7. The number of nitrogens with one attached hydrogen (secondary N) is 2. The van der Waals surface area contributed by atoms with Crippen LogP contribution in [0.2, 0.25) is 0 Å². The van der Waals surface area contributed by atoms with E-state index in [1.807, 2.05) is 36.5 Å². The van der Waals surface area contributed by atoms with Crippen LogP contribution in [0.5, 0.6) is 0 Å². The Bertz CT molecular complexity index is 1210. The van der Waals surface area contributed by atoms with Crippen LogP contribution >= 0.6 is 0 Å². The van der Waals surface area contributed by atoms with E-state index in [4.69, 9.17) is 10.5 Å². The normalized spacial score (nSPS) is 19.8. The molecular weight excluding hydrogens is 456 g/mol. The van der Waals surface area contributed by atoms with Gasteiger partial charge >= 0.3 is 0 Å². The van der Waals surface area contributed by atoms with Crippen LogP contribution in [0.1, 0.15) is 5.69 Å². The van der Waals surface area contributed by atoms with Crippen LogP contribution in [0.4, 0.5) is 17.2 Å². The molecule has 5 rings (SSSR count). The van der Waals surface area contributed by atoms with Gasteiger partial charge in [-0.15, -0.1) is 0 Å². The molecule has 4 N–H and O–H groups in total. The fourth-order valence-corrected chi connectivity index (χ4v) is 4.36. The van der Waals surface area contributed by atoms with Crippen molar-refractivity contribution in [2.75, 3.05) is 55.1 Å². The van der Waals surface area contributed by atoms with Crippen LogP contribution < -0.4 is 21.4 Å². The minimum Gasteiger partial charge on any atom is -0.373 e. The van der Waals surface area contributed by atoms with Gasteiger partial charge in [0.15, 0.2) is 0 Å². The Morgan fingerprint density at radius 1 is 1.28 bits per heavy atom. The Labute approximate surface area is 210 Å². The van der Waals surface area contributed by atoms with Gasteiger partial charge in [-0.3, -0.25) is 9.78 Å². The van der Waals surface area contributed by atoms with E-state index in [-0.39, 0.29) is 12.0 Å². The van der Waals surface area contributed by atoms with Crippen molar-refractivity contribution >= 4 is 28.8 Å². The Hall–Kier alpha value is -3.99. The summed E-state index contributed by atoms with van der Waals surface area (Å²) < 4.78 is 5.66. The number of pyridine rings is 2. The fourth-order valence-electron chi connectivity index (χ4n) is 4.36. The molecule has 2 aromatic rings. The lowest BCUT2D eigenvalue weighted by Crippen LogP contribution is -2.46. The molecule has 0 aromatic carbocycles. The minimum atomic E-state index is -0.258. The SMILES string of the molecule is C=CC(=O)Nc1ccnc(C2=CC=CC3=CCN(Nc4ccc(N5CCO[C@H](CN)C5)nc4)CN32)c1. The molecular formula is C26H30N8O2. The highest BCUT2D eigenvalue weighted by molar-refractivity contribution is 5.99. The van der Waals surface area contributed by atoms with E-state index in [0.29, 0.717) is 25.5 Å². The van der Waals surface area contributed by atoms with Gasteiger partial charge in [0.2, 0.25) is 5.91 Å². The number of hydrazine groups is 1. The molecule has 0 aliphatic carbocycles. The van der Waals surface area contributed by atoms with Gasteiger partial charge in [-0.1, -0.05) is 12.7 Å². The maximum atomic E-state index is 11.7. The topological polar surface area (TPSA) is 112 Å². The largest absolute Gasteiger partial charge is 0.373 e. The predicted molar refractivity (Wildman–Crippen MR) is 141 cm³/mol. The number of hydrogen-bond donors (Lipinski definition) is 3. The van der Waals surface area contributed by atoms with Crippen molar-refractivity contribution < 1.29 is 9.53 Å². The van der Waals surface area contributed by atoms with Crippen molar-refractivity contribution in [3.05, 3.63) is 85.0 Å². The molecule has 36 heavy (non-hydrogen) atoms. The van der Waals surface area contributed by atoms with Gasteiger partial charge in [0.1, 0.15) is 5.82 Å². The zero-order valence-electron chi connectivity index (χ0n) is 20.0. The number of carbonyl (C=O) groups excluding carboxylic acids is 1. The minimum absolute atomic E-state index is 0.0435. The summed E-state index contributed by atoms with van der Waals surface area (Å²) in [6.07, 6.45) is 13.1. The van der Waals surface area contributed by atoms with E-state index in [1.165, 1.54) is 6.08 Å². The monoisotopic (exact) mass is 486 g/mol. The molecule has 1 fully saturated rings. The van der Waals surface area contributed by atoms with Gasteiger partial charge < -0.3 is 31.0 Å². The smallest absolute Gasteiger partial charge is 0.247 e. The number of nitrogens with two attached hydrogens (primary N) is 1. The first-order chi connectivity index (χ1) is 17.6. The lowest BCUT2D eigenvalue weighted by atomic mass is 10.1. The second-order valence-corrected chi connectivity index (χ2v) is 8.65. The lowest BCUT2D eigenvalue weighted by Gasteiger charge is -2.39. The molecule has 5 heterocycles. The van der Waals surface area contributed by atoms with Gasteiger partial charge in [-0.2, -0.15) is 5.01 Å². The van der Waals surface area contributed by atoms with Gasteiger partial charge in [-0.25, -0.2) is 4.98 Å². The number of hydrogen-bond acceptors (Lipinski definition) is 9. The van der Waals surface area contributed by atoms with Crippen molar-refractivity contribution in [2.45, 2.75) is 6.10 Å². The highest BCUT2D eigenvalue weighted by Crippen LogP contribution is 2.30. The Morgan fingerprint density at radius 2 is 2.19 bits per heavy atom. The van der Waals surface area contributed by atoms with Crippen LogP contribution in [0.25, 0.3) is 5.70 Å². The second-order valence-electron chi connectivity index (χ2n) is 8.65. The summed E-state index contributed by atoms with van der Waals surface area (Å²) in [5.41, 5.74) is 13.6. The molecule has 2 aromatic heterocycles. The van der Waals surface area contributed by atoms with E-state index in [2.05, 4.69) is 54.3 Å². The van der Waals surface area contributed by atoms with E-state index in [1.54, 1.807) is 12.3 Å². The highest BCUT2D eigenvalue weighted by atomic mass is 16.5. The van der Waals surface area contributed by atoms with Crippen LogP contribution in [-0.4, -0.2) is 71.3 Å². The van der Waals surface area contributed by atoms with Crippen LogP contribution in [0, 0.1) is 0 Å². The van der Waals surface area contributed by atoms with E-state index in [9.17, 15) is 4.79 Å². The molecule has 0 spiro atoms. The number of allylic oxidation sites excluding steroid dienone is 3. The predicted octanol–water partition coefficient (Wildman–Crippen LogP) is 2.16. The van der Waals surface area contributed by atoms with Crippen LogP contribution in [-0.2, 0) is 9.53 Å². The Kier molecular flexibility index (Phi) is 7.08. The van der Waals surface area contributed by atoms with Gasteiger partial charge in [0, 0.05) is 43.8 Å². The van der Waals surface area contributed by atoms with E-state index in [0.717, 1.165) is 48.2 Å². The van der Waals surface area contributed by atoms with Crippen molar-refractivity contribution in [3.8, 4) is 0 Å². The summed E-state index contributed by atoms with van der Waals surface area (Å²) in [5.74, 6) is 0.662. The first-order valence-electron chi connectivity index (χ1n) is 11.9. The zero-order valence-corrected chi connectivity index (χ0v) is 20.0. The molecule has 3 aliphatic heterocycles. The fraction of sp³-hybridized carbons (Fsp3) is 0.269. The first kappa shape index (κ1) is 23.7. The summed E-state index contributed by atoms with van der Waals surface area (Å²) in [5, 5.41) is 4.90. The number of aromatic nitrogens is 2. The maximum absolute atomic E-state index is 11.7. The number of nitrogens with zero attached hydrogens (tertiary/aromatic N) is 5. The number of carbonyl (C=O) groups is 1. The summed E-state index contributed by atoms with van der Waals surface area (Å²) >= 11 is 0. The summed E-state index contributed by atoms with van der Waals surface area (Å²) in [6, 6.07) is 7.68. The molecule has 3 aliphatic rings. The van der Waals surface area contributed by atoms with Gasteiger partial charge in [0.25, 0.3) is 0 Å². The highest BCUT2D eigenvalue weighted by Gasteiger charge is 2.25. The molecule has 0 radical (unpaired) electrons. The molecule has 0 bridgehead atoms. The number of ether oxygens (including phenoxy) is 1.